The van der Waals surface area contributed by atoms with Gasteiger partial charge in [-0.25, -0.2) is 14.8 Å². The van der Waals surface area contributed by atoms with Gasteiger partial charge in [0, 0.05) is 49.7 Å². The number of aliphatic hydroxyl groups is 1. The maximum absolute atomic E-state index is 13.0. The molecule has 0 saturated carbocycles. The first kappa shape index (κ1) is 18.7. The van der Waals surface area contributed by atoms with Crippen molar-refractivity contribution in [2.75, 3.05) is 26.3 Å². The third kappa shape index (κ3) is 3.04. The molecule has 1 N–H and O–H groups in total. The van der Waals surface area contributed by atoms with E-state index in [9.17, 15) is 9.59 Å². The third-order valence-corrected chi connectivity index (χ3v) is 5.92. The molecule has 0 bridgehead atoms. The predicted molar refractivity (Wildman–Crippen MR) is 107 cm³/mol. The van der Waals surface area contributed by atoms with Crippen LogP contribution in [0, 0.1) is 0 Å². The Balaban J connectivity index is 1.32. The van der Waals surface area contributed by atoms with Crippen LogP contribution in [0.15, 0.2) is 41.5 Å². The van der Waals surface area contributed by atoms with E-state index in [1.54, 1.807) is 23.2 Å². The summed E-state index contributed by atoms with van der Waals surface area (Å²) in [5.41, 5.74) is 2.05. The number of pyridine rings is 1. The molecule has 5 rings (SSSR count). The van der Waals surface area contributed by atoms with Crippen molar-refractivity contribution in [3.63, 3.8) is 0 Å². The molecule has 1 saturated heterocycles. The van der Waals surface area contributed by atoms with Crippen LogP contribution in [0.2, 0.25) is 0 Å². The molecular weight excluding hydrogens is 386 g/mol. The summed E-state index contributed by atoms with van der Waals surface area (Å²) < 4.78 is 11.3. The van der Waals surface area contributed by atoms with Gasteiger partial charge in [-0.05, 0) is 24.3 Å². The van der Waals surface area contributed by atoms with Crippen LogP contribution in [0.4, 0.5) is 5.82 Å². The number of hydrogen-bond donors (Lipinski definition) is 1. The van der Waals surface area contributed by atoms with E-state index >= 15 is 0 Å². The van der Waals surface area contributed by atoms with Crippen LogP contribution in [0.1, 0.15) is 34.3 Å². The highest BCUT2D eigenvalue weighted by Crippen LogP contribution is 2.45. The minimum Gasteiger partial charge on any atom is -0.491 e. The fourth-order valence-electron chi connectivity index (χ4n) is 4.38. The number of carbonyl (C=O) groups is 2. The van der Waals surface area contributed by atoms with E-state index in [1.165, 1.54) is 0 Å². The average molecular weight is 407 g/mol. The largest absolute Gasteiger partial charge is 0.491 e. The van der Waals surface area contributed by atoms with Crippen LogP contribution in [-0.4, -0.2) is 58.9 Å². The molecule has 0 aliphatic carbocycles. The topological polar surface area (TPSA) is 101 Å². The number of aliphatic hydroxyl groups excluding tert-OH is 1. The quantitative estimate of drug-likeness (QED) is 0.775. The normalized spacial score (nSPS) is 18.6. The number of nitrogens with zero attached hydrogens (tertiary/aromatic N) is 3. The van der Waals surface area contributed by atoms with Gasteiger partial charge in [-0.2, -0.15) is 0 Å². The van der Waals surface area contributed by atoms with Crippen LogP contribution in [0.3, 0.4) is 0 Å². The summed E-state index contributed by atoms with van der Waals surface area (Å²) in [6, 6.07) is 9.00. The first-order valence-electron chi connectivity index (χ1n) is 10.0. The van der Waals surface area contributed by atoms with Gasteiger partial charge in [0.25, 0.3) is 5.91 Å². The second kappa shape index (κ2) is 7.21. The summed E-state index contributed by atoms with van der Waals surface area (Å²) in [5, 5.41) is 8.98. The molecule has 3 aliphatic rings. The average Bonchev–Trinajstić information content (AvgIpc) is 3.32. The lowest BCUT2D eigenvalue weighted by Crippen LogP contribution is -2.47. The van der Waals surface area contributed by atoms with Gasteiger partial charge in [-0.3, -0.25) is 4.79 Å². The Hall–Kier alpha value is -3.26. The standard InChI is InChI=1S/C22H21N3O5/c26-10-11-29-15-3-4-16-17(13-15)22(30-21(16)28)5-8-25(9-6-22)20(27)18-12-14-2-1-7-23-19(14)24-18/h1-4,7,13,26H,5-6,8-12H2. The second-order valence-corrected chi connectivity index (χ2v) is 7.68. The molecule has 1 fully saturated rings. The van der Waals surface area contributed by atoms with Gasteiger partial charge < -0.3 is 19.5 Å². The van der Waals surface area contributed by atoms with Crippen molar-refractivity contribution in [2.45, 2.75) is 24.9 Å². The van der Waals surface area contributed by atoms with Gasteiger partial charge in [-0.1, -0.05) is 6.07 Å². The SMILES string of the molecule is O=C1OC2(CCN(C(=O)C3=Nc4ncccc4C3)CC2)c2cc(OCCO)ccc21. The fourth-order valence-corrected chi connectivity index (χ4v) is 4.38. The van der Waals surface area contributed by atoms with E-state index < -0.39 is 5.60 Å². The number of esters is 1. The molecule has 30 heavy (non-hydrogen) atoms. The highest BCUT2D eigenvalue weighted by Gasteiger charge is 2.48. The van der Waals surface area contributed by atoms with E-state index in [-0.39, 0.29) is 25.1 Å². The van der Waals surface area contributed by atoms with Crippen molar-refractivity contribution >= 4 is 23.4 Å². The highest BCUT2D eigenvalue weighted by atomic mass is 16.6. The van der Waals surface area contributed by atoms with Crippen molar-refractivity contribution in [1.29, 1.82) is 0 Å². The molecule has 1 aromatic heterocycles. The molecule has 8 nitrogen and oxygen atoms in total. The number of benzene rings is 1. The first-order valence-corrected chi connectivity index (χ1v) is 10.0. The number of amides is 1. The van der Waals surface area contributed by atoms with Crippen LogP contribution < -0.4 is 4.74 Å². The zero-order valence-electron chi connectivity index (χ0n) is 16.3. The Morgan fingerprint density at radius 3 is 2.87 bits per heavy atom. The summed E-state index contributed by atoms with van der Waals surface area (Å²) in [7, 11) is 0. The van der Waals surface area contributed by atoms with E-state index in [4.69, 9.17) is 14.6 Å². The number of ether oxygens (including phenoxy) is 2. The molecule has 154 valence electrons. The van der Waals surface area contributed by atoms with Crippen molar-refractivity contribution in [3.8, 4) is 5.75 Å². The van der Waals surface area contributed by atoms with E-state index in [1.807, 2.05) is 18.2 Å². The van der Waals surface area contributed by atoms with Crippen LogP contribution >= 0.6 is 0 Å². The molecular formula is C22H21N3O5. The first-order chi connectivity index (χ1) is 14.6. The van der Waals surface area contributed by atoms with E-state index in [2.05, 4.69) is 9.98 Å². The van der Waals surface area contributed by atoms with Crippen molar-refractivity contribution in [1.82, 2.24) is 9.88 Å². The van der Waals surface area contributed by atoms with Crippen molar-refractivity contribution < 1.29 is 24.2 Å². The van der Waals surface area contributed by atoms with Gasteiger partial charge in [-0.15, -0.1) is 0 Å². The van der Waals surface area contributed by atoms with Crippen molar-refractivity contribution in [2.24, 2.45) is 4.99 Å². The predicted octanol–water partition coefficient (Wildman–Crippen LogP) is 1.77. The number of piperidine rings is 1. The minimum absolute atomic E-state index is 0.0853. The Morgan fingerprint density at radius 1 is 1.27 bits per heavy atom. The van der Waals surface area contributed by atoms with Gasteiger partial charge >= 0.3 is 5.97 Å². The second-order valence-electron chi connectivity index (χ2n) is 7.68. The molecule has 0 unspecified atom stereocenters. The summed E-state index contributed by atoms with van der Waals surface area (Å²) in [6.07, 6.45) is 3.19. The van der Waals surface area contributed by atoms with Crippen molar-refractivity contribution in [3.05, 3.63) is 53.2 Å². The Kier molecular flexibility index (Phi) is 4.51. The minimum atomic E-state index is -0.746. The summed E-state index contributed by atoms with van der Waals surface area (Å²) in [6.45, 7) is 1.03. The van der Waals surface area contributed by atoms with Crippen LogP contribution in [0.5, 0.6) is 5.75 Å². The monoisotopic (exact) mass is 407 g/mol. The molecule has 0 radical (unpaired) electrons. The third-order valence-electron chi connectivity index (χ3n) is 5.92. The lowest BCUT2D eigenvalue weighted by molar-refractivity contribution is -0.128. The van der Waals surface area contributed by atoms with E-state index in [0.717, 1.165) is 11.1 Å². The number of rotatable bonds is 4. The number of hydrogen-bond acceptors (Lipinski definition) is 7. The molecule has 1 aromatic carbocycles. The van der Waals surface area contributed by atoms with Crippen LogP contribution in [0.25, 0.3) is 0 Å². The summed E-state index contributed by atoms with van der Waals surface area (Å²) in [4.78, 5) is 35.8. The van der Waals surface area contributed by atoms with Gasteiger partial charge in [0.1, 0.15) is 23.7 Å². The molecule has 2 aromatic rings. The van der Waals surface area contributed by atoms with E-state index in [0.29, 0.717) is 55.2 Å². The van der Waals surface area contributed by atoms with Gasteiger partial charge in [0.2, 0.25) is 0 Å². The summed E-state index contributed by atoms with van der Waals surface area (Å²) >= 11 is 0. The molecule has 1 spiro atoms. The number of aromatic nitrogens is 1. The molecule has 3 aliphatic heterocycles. The smallest absolute Gasteiger partial charge is 0.339 e. The molecule has 1 amide bonds. The molecule has 8 heteroatoms. The highest BCUT2D eigenvalue weighted by molar-refractivity contribution is 6.40. The maximum atomic E-state index is 13.0. The van der Waals surface area contributed by atoms with Gasteiger partial charge in [0.15, 0.2) is 5.82 Å². The number of fused-ring (bicyclic) bond motifs is 3. The zero-order chi connectivity index (χ0) is 20.7. The number of carbonyl (C=O) groups excluding carboxylic acids is 2. The lowest BCUT2D eigenvalue weighted by Gasteiger charge is -2.38. The fraction of sp³-hybridized carbons (Fsp3) is 0.364. The maximum Gasteiger partial charge on any atom is 0.339 e. The number of likely N-dealkylation sites (tertiary alicyclic amines) is 1. The summed E-state index contributed by atoms with van der Waals surface area (Å²) in [5.74, 6) is 0.764. The zero-order valence-corrected chi connectivity index (χ0v) is 16.3. The molecule has 0 atom stereocenters. The van der Waals surface area contributed by atoms with Gasteiger partial charge in [0.05, 0.1) is 12.2 Å². The number of aliphatic imine (C=N–C) groups is 1. The lowest BCUT2D eigenvalue weighted by atomic mass is 9.83. The molecule has 4 heterocycles. The Morgan fingerprint density at radius 2 is 2.10 bits per heavy atom. The Labute approximate surface area is 173 Å². The Bertz CT molecular complexity index is 1060. The van der Waals surface area contributed by atoms with Crippen LogP contribution in [-0.2, 0) is 21.6 Å².